The lowest BCUT2D eigenvalue weighted by molar-refractivity contribution is 0.707. The number of hydrogen-bond donors (Lipinski definition) is 2. The van der Waals surface area contributed by atoms with Gasteiger partial charge in [0.2, 0.25) is 0 Å². The van der Waals surface area contributed by atoms with Gasteiger partial charge < -0.3 is 11.1 Å². The van der Waals surface area contributed by atoms with Crippen LogP contribution in [0, 0.1) is 0 Å². The fourth-order valence-electron chi connectivity index (χ4n) is 0.656. The summed E-state index contributed by atoms with van der Waals surface area (Å²) < 4.78 is 0. The quantitative estimate of drug-likeness (QED) is 0.561. The molecule has 11 heavy (non-hydrogen) atoms. The second-order valence-corrected chi connectivity index (χ2v) is 2.33. The molecule has 0 radical (unpaired) electrons. The van der Waals surface area contributed by atoms with Crippen molar-refractivity contribution in [2.75, 3.05) is 6.54 Å². The molecule has 1 unspecified atom stereocenters. The van der Waals surface area contributed by atoms with Crippen molar-refractivity contribution in [2.24, 2.45) is 5.73 Å². The Balaban J connectivity index is 3.62. The summed E-state index contributed by atoms with van der Waals surface area (Å²) in [5.41, 5.74) is 6.54. The van der Waals surface area contributed by atoms with E-state index in [1.54, 1.807) is 12.2 Å². The molecule has 0 saturated carbocycles. The van der Waals surface area contributed by atoms with Crippen molar-refractivity contribution in [3.8, 4) is 0 Å². The molecule has 0 aliphatic heterocycles. The molecule has 0 fully saturated rings. The summed E-state index contributed by atoms with van der Waals surface area (Å²) in [5, 5.41) is 3.03. The van der Waals surface area contributed by atoms with Crippen molar-refractivity contribution >= 4 is 0 Å². The van der Waals surface area contributed by atoms with E-state index < -0.39 is 0 Å². The van der Waals surface area contributed by atoms with Crippen LogP contribution < -0.4 is 11.1 Å². The average Bonchev–Trinajstić information content (AvgIpc) is 2.00. The van der Waals surface area contributed by atoms with E-state index in [1.165, 1.54) is 0 Å². The molecular formula is C9H16N2. The largest absolute Gasteiger partial charge is 0.384 e. The predicted octanol–water partition coefficient (Wildman–Crippen LogP) is 1.18. The van der Waals surface area contributed by atoms with Crippen LogP contribution in [0.2, 0.25) is 0 Å². The predicted molar refractivity (Wildman–Crippen MR) is 50.1 cm³/mol. The third kappa shape index (κ3) is 4.39. The Labute approximate surface area is 68.5 Å². The van der Waals surface area contributed by atoms with Crippen LogP contribution in [0.1, 0.15) is 6.42 Å². The van der Waals surface area contributed by atoms with Gasteiger partial charge in [-0.2, -0.15) is 0 Å². The number of nitrogens with two attached hydrogens (primary N) is 1. The first-order valence-corrected chi connectivity index (χ1v) is 3.62. The van der Waals surface area contributed by atoms with Gasteiger partial charge in [0.25, 0.3) is 0 Å². The molecule has 0 saturated heterocycles. The van der Waals surface area contributed by atoms with E-state index >= 15 is 0 Å². The average molecular weight is 152 g/mol. The minimum atomic E-state index is -0.0348. The Hall–Kier alpha value is -1.02. The maximum Gasteiger partial charge on any atom is 0.0473 e. The molecule has 0 heterocycles. The zero-order valence-corrected chi connectivity index (χ0v) is 6.84. The van der Waals surface area contributed by atoms with E-state index in [4.69, 9.17) is 5.73 Å². The fourth-order valence-corrected chi connectivity index (χ4v) is 0.656. The summed E-state index contributed by atoms with van der Waals surface area (Å²) in [6.07, 6.45) is 4.31. The van der Waals surface area contributed by atoms with Crippen LogP contribution in [0.4, 0.5) is 0 Å². The lowest BCUT2D eigenvalue weighted by Crippen LogP contribution is -2.30. The van der Waals surface area contributed by atoms with Gasteiger partial charge in [-0.05, 0) is 6.42 Å². The second-order valence-electron chi connectivity index (χ2n) is 2.33. The molecule has 0 aliphatic carbocycles. The van der Waals surface area contributed by atoms with Crippen molar-refractivity contribution in [1.29, 1.82) is 0 Å². The Morgan fingerprint density at radius 2 is 2.09 bits per heavy atom. The summed E-state index contributed by atoms with van der Waals surface area (Å²) in [7, 11) is 0. The smallest absolute Gasteiger partial charge is 0.0473 e. The van der Waals surface area contributed by atoms with E-state index in [0.29, 0.717) is 6.54 Å². The van der Waals surface area contributed by atoms with Gasteiger partial charge in [0.05, 0.1) is 0 Å². The van der Waals surface area contributed by atoms with E-state index in [9.17, 15) is 0 Å². The van der Waals surface area contributed by atoms with Gasteiger partial charge in [-0.1, -0.05) is 18.7 Å². The summed E-state index contributed by atoms with van der Waals surface area (Å²) in [5.74, 6) is 0. The number of hydrogen-bond acceptors (Lipinski definition) is 2. The van der Waals surface area contributed by atoms with Gasteiger partial charge >= 0.3 is 0 Å². The summed E-state index contributed by atoms with van der Waals surface area (Å²) in [4.78, 5) is 0. The minimum absolute atomic E-state index is 0.0348. The Bertz CT molecular complexity index is 150. The molecular weight excluding hydrogens is 136 g/mol. The highest BCUT2D eigenvalue weighted by Crippen LogP contribution is 1.97. The van der Waals surface area contributed by atoms with E-state index in [0.717, 1.165) is 12.1 Å². The van der Waals surface area contributed by atoms with Gasteiger partial charge in [-0.3, -0.25) is 0 Å². The van der Waals surface area contributed by atoms with Gasteiger partial charge in [0.15, 0.2) is 0 Å². The second kappa shape index (κ2) is 5.74. The molecule has 0 spiro atoms. The third-order valence-corrected chi connectivity index (χ3v) is 1.34. The molecule has 62 valence electrons. The molecule has 0 aromatic rings. The highest BCUT2D eigenvalue weighted by Gasteiger charge is 2.01. The van der Waals surface area contributed by atoms with Crippen LogP contribution in [0.3, 0.4) is 0 Å². The van der Waals surface area contributed by atoms with Crippen LogP contribution >= 0.6 is 0 Å². The fraction of sp³-hybridized carbons (Fsp3) is 0.333. The highest BCUT2D eigenvalue weighted by molar-refractivity contribution is 5.04. The molecule has 0 aromatic heterocycles. The standard InChI is InChI=1S/C9H16N2/c1-4-6-9(10)8(3)11-7-5-2/h4-5,9,11H,1-3,6-7,10H2. The topological polar surface area (TPSA) is 38.0 Å². The van der Waals surface area contributed by atoms with Crippen molar-refractivity contribution in [3.63, 3.8) is 0 Å². The first-order valence-electron chi connectivity index (χ1n) is 3.62. The van der Waals surface area contributed by atoms with Gasteiger partial charge in [0.1, 0.15) is 0 Å². The third-order valence-electron chi connectivity index (χ3n) is 1.34. The van der Waals surface area contributed by atoms with Crippen molar-refractivity contribution in [2.45, 2.75) is 12.5 Å². The lowest BCUT2D eigenvalue weighted by Gasteiger charge is -2.13. The Morgan fingerprint density at radius 1 is 1.45 bits per heavy atom. The van der Waals surface area contributed by atoms with Crippen LogP contribution in [-0.4, -0.2) is 12.6 Å². The SMILES string of the molecule is C=CCNC(=C)C(N)CC=C. The van der Waals surface area contributed by atoms with E-state index in [1.807, 2.05) is 0 Å². The minimum Gasteiger partial charge on any atom is -0.384 e. The molecule has 2 nitrogen and oxygen atoms in total. The molecule has 0 aliphatic rings. The van der Waals surface area contributed by atoms with Crippen LogP contribution in [0.15, 0.2) is 37.6 Å². The summed E-state index contributed by atoms with van der Waals surface area (Å²) >= 11 is 0. The first-order chi connectivity index (χ1) is 5.22. The van der Waals surface area contributed by atoms with E-state index in [-0.39, 0.29) is 6.04 Å². The zero-order valence-electron chi connectivity index (χ0n) is 6.84. The number of nitrogens with one attached hydrogen (secondary N) is 1. The van der Waals surface area contributed by atoms with Gasteiger partial charge in [0, 0.05) is 18.3 Å². The highest BCUT2D eigenvalue weighted by atomic mass is 14.9. The molecule has 0 aromatic carbocycles. The summed E-state index contributed by atoms with van der Waals surface area (Å²) in [6, 6.07) is -0.0348. The van der Waals surface area contributed by atoms with E-state index in [2.05, 4.69) is 25.1 Å². The molecule has 0 amide bonds. The number of rotatable bonds is 6. The first kappa shape index (κ1) is 9.98. The maximum atomic E-state index is 5.70. The Morgan fingerprint density at radius 3 is 2.55 bits per heavy atom. The molecule has 2 heteroatoms. The molecule has 1 atom stereocenters. The van der Waals surface area contributed by atoms with Crippen LogP contribution in [0.25, 0.3) is 0 Å². The maximum absolute atomic E-state index is 5.70. The van der Waals surface area contributed by atoms with Crippen molar-refractivity contribution in [3.05, 3.63) is 37.6 Å². The van der Waals surface area contributed by atoms with Crippen LogP contribution in [-0.2, 0) is 0 Å². The monoisotopic (exact) mass is 152 g/mol. The van der Waals surface area contributed by atoms with Crippen LogP contribution in [0.5, 0.6) is 0 Å². The Kier molecular flexibility index (Phi) is 5.21. The van der Waals surface area contributed by atoms with Gasteiger partial charge in [-0.15, -0.1) is 13.2 Å². The van der Waals surface area contributed by atoms with Gasteiger partial charge in [-0.25, -0.2) is 0 Å². The summed E-state index contributed by atoms with van der Waals surface area (Å²) in [6.45, 7) is 11.7. The zero-order chi connectivity index (χ0) is 8.69. The molecule has 3 N–H and O–H groups in total. The van der Waals surface area contributed by atoms with Crippen molar-refractivity contribution in [1.82, 2.24) is 5.32 Å². The lowest BCUT2D eigenvalue weighted by atomic mass is 10.2. The molecule has 0 rings (SSSR count). The van der Waals surface area contributed by atoms with Crippen molar-refractivity contribution < 1.29 is 0 Å². The normalized spacial score (nSPS) is 11.7. The molecule has 0 bridgehead atoms.